The van der Waals surface area contributed by atoms with Gasteiger partial charge >= 0.3 is 0 Å². The highest BCUT2D eigenvalue weighted by atomic mass is 32.1. The van der Waals surface area contributed by atoms with Crippen LogP contribution in [0.25, 0.3) is 0 Å². The lowest BCUT2D eigenvalue weighted by molar-refractivity contribution is -0.128. The lowest BCUT2D eigenvalue weighted by Gasteiger charge is -2.14. The maximum absolute atomic E-state index is 11.6. The fourth-order valence-electron chi connectivity index (χ4n) is 1.89. The van der Waals surface area contributed by atoms with Gasteiger partial charge in [-0.2, -0.15) is 0 Å². The summed E-state index contributed by atoms with van der Waals surface area (Å²) in [6.45, 7) is 3.59. The van der Waals surface area contributed by atoms with E-state index in [9.17, 15) is 4.79 Å². The van der Waals surface area contributed by atoms with Crippen molar-refractivity contribution in [3.05, 3.63) is 21.9 Å². The predicted octanol–water partition coefficient (Wildman–Crippen LogP) is 1.40. The molecule has 1 aliphatic heterocycles. The number of hydrogen-bond donors (Lipinski definition) is 1. The Morgan fingerprint density at radius 3 is 2.93 bits per heavy atom. The number of thiophene rings is 1. The largest absolute Gasteiger partial charge is 0.396 e. The van der Waals surface area contributed by atoms with Crippen LogP contribution in [0.3, 0.4) is 0 Å². The van der Waals surface area contributed by atoms with Gasteiger partial charge in [0.15, 0.2) is 0 Å². The minimum atomic E-state index is 0.117. The van der Waals surface area contributed by atoms with Crippen molar-refractivity contribution in [1.82, 2.24) is 4.90 Å². The smallest absolute Gasteiger partial charge is 0.223 e. The van der Waals surface area contributed by atoms with E-state index in [4.69, 9.17) is 5.11 Å². The van der Waals surface area contributed by atoms with Crippen molar-refractivity contribution in [3.8, 4) is 0 Å². The van der Waals surface area contributed by atoms with Crippen LogP contribution in [0.1, 0.15) is 16.2 Å². The minimum absolute atomic E-state index is 0.117. The van der Waals surface area contributed by atoms with Crippen molar-refractivity contribution in [2.75, 3.05) is 13.2 Å². The van der Waals surface area contributed by atoms with E-state index in [1.165, 1.54) is 9.75 Å². The quantitative estimate of drug-likeness (QED) is 0.844. The number of carbonyl (C=O) groups is 1. The van der Waals surface area contributed by atoms with E-state index in [-0.39, 0.29) is 18.4 Å². The van der Waals surface area contributed by atoms with Crippen LogP contribution in [0.15, 0.2) is 12.1 Å². The molecule has 0 radical (unpaired) electrons. The molecular formula is C11H15NO2S. The molecule has 1 aromatic heterocycles. The number of carbonyl (C=O) groups excluding carboxylic acids is 1. The fourth-order valence-corrected chi connectivity index (χ4v) is 2.79. The molecule has 0 spiro atoms. The molecule has 1 amide bonds. The molecule has 1 unspecified atom stereocenters. The third-order valence-electron chi connectivity index (χ3n) is 2.70. The third kappa shape index (κ3) is 2.38. The van der Waals surface area contributed by atoms with Crippen LogP contribution in [0.5, 0.6) is 0 Å². The standard InChI is InChI=1S/C11H15NO2S/c1-8-2-3-10(15-8)6-12-5-9(7-13)4-11(12)14/h2-3,9,13H,4-7H2,1H3. The fraction of sp³-hybridized carbons (Fsp3) is 0.545. The molecule has 15 heavy (non-hydrogen) atoms. The van der Waals surface area contributed by atoms with Gasteiger partial charge in [0.1, 0.15) is 0 Å². The van der Waals surface area contributed by atoms with E-state index in [1.807, 2.05) is 4.90 Å². The van der Waals surface area contributed by atoms with Crippen LogP contribution in [-0.2, 0) is 11.3 Å². The van der Waals surface area contributed by atoms with Gasteiger partial charge in [0.05, 0.1) is 6.54 Å². The van der Waals surface area contributed by atoms with Gasteiger partial charge in [-0.25, -0.2) is 0 Å². The number of aliphatic hydroxyl groups is 1. The Balaban J connectivity index is 1.98. The number of amides is 1. The van der Waals surface area contributed by atoms with Crippen molar-refractivity contribution >= 4 is 17.2 Å². The molecule has 82 valence electrons. The number of aryl methyl sites for hydroxylation is 1. The minimum Gasteiger partial charge on any atom is -0.396 e. The second-order valence-electron chi connectivity index (χ2n) is 4.04. The van der Waals surface area contributed by atoms with Crippen LogP contribution in [0.2, 0.25) is 0 Å². The molecule has 4 heteroatoms. The average Bonchev–Trinajstić information content (AvgIpc) is 2.75. The molecular weight excluding hydrogens is 210 g/mol. The number of nitrogens with zero attached hydrogens (tertiary/aromatic N) is 1. The molecule has 1 aliphatic rings. The maximum atomic E-state index is 11.6. The lowest BCUT2D eigenvalue weighted by Crippen LogP contribution is -2.24. The third-order valence-corrected chi connectivity index (χ3v) is 3.68. The highest BCUT2D eigenvalue weighted by Gasteiger charge is 2.28. The van der Waals surface area contributed by atoms with Gasteiger partial charge in [0.2, 0.25) is 5.91 Å². The zero-order chi connectivity index (χ0) is 10.8. The summed E-state index contributed by atoms with van der Waals surface area (Å²) in [5.41, 5.74) is 0. The summed E-state index contributed by atoms with van der Waals surface area (Å²) in [7, 11) is 0. The number of rotatable bonds is 3. The second kappa shape index (κ2) is 4.33. The number of aliphatic hydroxyl groups excluding tert-OH is 1. The molecule has 0 saturated carbocycles. The molecule has 2 rings (SSSR count). The molecule has 0 aromatic carbocycles. The first-order chi connectivity index (χ1) is 7.19. The first-order valence-corrected chi connectivity index (χ1v) is 5.94. The van der Waals surface area contributed by atoms with Crippen molar-refractivity contribution in [2.45, 2.75) is 19.9 Å². The van der Waals surface area contributed by atoms with Crippen LogP contribution in [0, 0.1) is 12.8 Å². The zero-order valence-corrected chi connectivity index (χ0v) is 9.59. The molecule has 2 heterocycles. The van der Waals surface area contributed by atoms with Crippen LogP contribution >= 0.6 is 11.3 Å². The van der Waals surface area contributed by atoms with Gasteiger partial charge in [-0.15, -0.1) is 11.3 Å². The van der Waals surface area contributed by atoms with E-state index < -0.39 is 0 Å². The SMILES string of the molecule is Cc1ccc(CN2CC(CO)CC2=O)s1. The Morgan fingerprint density at radius 2 is 2.40 bits per heavy atom. The Morgan fingerprint density at radius 1 is 1.60 bits per heavy atom. The van der Waals surface area contributed by atoms with Crippen molar-refractivity contribution in [1.29, 1.82) is 0 Å². The molecule has 1 atom stereocenters. The van der Waals surface area contributed by atoms with Gasteiger partial charge in [0.25, 0.3) is 0 Å². The van der Waals surface area contributed by atoms with Gasteiger partial charge in [-0.3, -0.25) is 4.79 Å². The number of hydrogen-bond acceptors (Lipinski definition) is 3. The highest BCUT2D eigenvalue weighted by molar-refractivity contribution is 7.11. The topological polar surface area (TPSA) is 40.5 Å². The van der Waals surface area contributed by atoms with E-state index in [0.29, 0.717) is 19.5 Å². The lowest BCUT2D eigenvalue weighted by atomic mass is 10.1. The number of likely N-dealkylation sites (tertiary alicyclic amines) is 1. The molecule has 1 fully saturated rings. The Kier molecular flexibility index (Phi) is 3.07. The van der Waals surface area contributed by atoms with Crippen molar-refractivity contribution in [3.63, 3.8) is 0 Å². The van der Waals surface area contributed by atoms with Crippen molar-refractivity contribution in [2.24, 2.45) is 5.92 Å². The van der Waals surface area contributed by atoms with Crippen LogP contribution < -0.4 is 0 Å². The second-order valence-corrected chi connectivity index (χ2v) is 5.41. The molecule has 3 nitrogen and oxygen atoms in total. The van der Waals surface area contributed by atoms with Crippen molar-refractivity contribution < 1.29 is 9.90 Å². The first-order valence-electron chi connectivity index (χ1n) is 5.13. The zero-order valence-electron chi connectivity index (χ0n) is 8.77. The summed E-state index contributed by atoms with van der Waals surface area (Å²) in [4.78, 5) is 15.9. The predicted molar refractivity (Wildman–Crippen MR) is 59.7 cm³/mol. The Labute approximate surface area is 93.3 Å². The molecule has 1 saturated heterocycles. The van der Waals surface area contributed by atoms with Gasteiger partial charge in [-0.05, 0) is 19.1 Å². The summed E-state index contributed by atoms with van der Waals surface area (Å²) in [5, 5.41) is 9.00. The highest BCUT2D eigenvalue weighted by Crippen LogP contribution is 2.22. The normalized spacial score (nSPS) is 21.3. The van der Waals surface area contributed by atoms with Gasteiger partial charge < -0.3 is 10.0 Å². The summed E-state index contributed by atoms with van der Waals surface area (Å²) in [5.74, 6) is 0.304. The molecule has 1 N–H and O–H groups in total. The molecule has 1 aromatic rings. The van der Waals surface area contributed by atoms with Gasteiger partial charge in [-0.1, -0.05) is 0 Å². The van der Waals surface area contributed by atoms with E-state index in [0.717, 1.165) is 0 Å². The summed E-state index contributed by atoms with van der Waals surface area (Å²) >= 11 is 1.73. The molecule has 0 bridgehead atoms. The van der Waals surface area contributed by atoms with Crippen LogP contribution in [0.4, 0.5) is 0 Å². The molecule has 0 aliphatic carbocycles. The Hall–Kier alpha value is -0.870. The monoisotopic (exact) mass is 225 g/mol. The van der Waals surface area contributed by atoms with E-state index in [1.54, 1.807) is 11.3 Å². The summed E-state index contributed by atoms with van der Waals surface area (Å²) in [6.07, 6.45) is 0.501. The van der Waals surface area contributed by atoms with E-state index >= 15 is 0 Å². The average molecular weight is 225 g/mol. The summed E-state index contributed by atoms with van der Waals surface area (Å²) < 4.78 is 0. The van der Waals surface area contributed by atoms with Gasteiger partial charge in [0, 0.05) is 35.2 Å². The maximum Gasteiger partial charge on any atom is 0.223 e. The van der Waals surface area contributed by atoms with Crippen LogP contribution in [-0.4, -0.2) is 29.1 Å². The first kappa shape index (κ1) is 10.6. The summed E-state index contributed by atoms with van der Waals surface area (Å²) in [6, 6.07) is 4.14. The Bertz CT molecular complexity index is 361. The van der Waals surface area contributed by atoms with E-state index in [2.05, 4.69) is 19.1 Å².